The highest BCUT2D eigenvalue weighted by atomic mass is 35.5. The molecule has 5 heteroatoms. The molecule has 1 amide bonds. The van der Waals surface area contributed by atoms with Crippen LogP contribution in [0.4, 0.5) is 5.69 Å². The summed E-state index contributed by atoms with van der Waals surface area (Å²) in [7, 11) is 0. The number of hydrogen-bond acceptors (Lipinski definition) is 3. The summed E-state index contributed by atoms with van der Waals surface area (Å²) in [5.74, 6) is -0.997. The van der Waals surface area contributed by atoms with Crippen LogP contribution in [0.5, 0.6) is 0 Å². The maximum atomic E-state index is 12.4. The van der Waals surface area contributed by atoms with Crippen molar-refractivity contribution >= 4 is 29.2 Å². The van der Waals surface area contributed by atoms with E-state index in [1.165, 1.54) is 6.92 Å². The van der Waals surface area contributed by atoms with E-state index in [9.17, 15) is 9.59 Å². The summed E-state index contributed by atoms with van der Waals surface area (Å²) in [5.41, 5.74) is 3.01. The van der Waals surface area contributed by atoms with Gasteiger partial charge in [-0.2, -0.15) is 0 Å². The largest absolute Gasteiger partial charge is 0.449 e. The predicted octanol–water partition coefficient (Wildman–Crippen LogP) is 4.39. The zero-order valence-electron chi connectivity index (χ0n) is 13.9. The molecule has 24 heavy (non-hydrogen) atoms. The minimum atomic E-state index is -0.932. The van der Waals surface area contributed by atoms with Gasteiger partial charge in [-0.05, 0) is 43.5 Å². The number of esters is 1. The average molecular weight is 346 g/mol. The van der Waals surface area contributed by atoms with Crippen molar-refractivity contribution in [1.29, 1.82) is 0 Å². The molecule has 0 unspecified atom stereocenters. The summed E-state index contributed by atoms with van der Waals surface area (Å²) in [5, 5.41) is 3.15. The van der Waals surface area contributed by atoms with Gasteiger partial charge in [0.05, 0.1) is 10.6 Å². The lowest BCUT2D eigenvalue weighted by atomic mass is 10.1. The Balaban J connectivity index is 2.08. The molecule has 0 saturated heterocycles. The zero-order chi connectivity index (χ0) is 17.7. The van der Waals surface area contributed by atoms with Gasteiger partial charge in [0, 0.05) is 5.69 Å². The van der Waals surface area contributed by atoms with E-state index in [2.05, 4.69) is 5.32 Å². The summed E-state index contributed by atoms with van der Waals surface area (Å²) in [6, 6.07) is 12.4. The van der Waals surface area contributed by atoms with Crippen molar-refractivity contribution < 1.29 is 14.3 Å². The number of rotatable bonds is 5. The van der Waals surface area contributed by atoms with Crippen LogP contribution in [-0.4, -0.2) is 18.0 Å². The maximum absolute atomic E-state index is 12.4. The fraction of sp³-hybridized carbons (Fsp3) is 0.263. The number of anilines is 1. The van der Waals surface area contributed by atoms with Crippen LogP contribution in [0.3, 0.4) is 0 Å². The minimum Gasteiger partial charge on any atom is -0.449 e. The summed E-state index contributed by atoms with van der Waals surface area (Å²) in [6.07, 6.45) is -0.136. The number of hydrogen-bond donors (Lipinski definition) is 1. The molecule has 0 bridgehead atoms. The van der Waals surface area contributed by atoms with Crippen LogP contribution in [0, 0.1) is 6.92 Å². The highest BCUT2D eigenvalue weighted by Gasteiger charge is 2.21. The van der Waals surface area contributed by atoms with Gasteiger partial charge in [0.15, 0.2) is 6.10 Å². The third-order valence-corrected chi connectivity index (χ3v) is 4.06. The molecule has 0 aromatic heterocycles. The number of amides is 1. The Morgan fingerprint density at radius 2 is 1.88 bits per heavy atom. The molecule has 0 aliphatic carbocycles. The molecule has 0 saturated carbocycles. The molecule has 0 heterocycles. The maximum Gasteiger partial charge on any atom is 0.340 e. The van der Waals surface area contributed by atoms with Crippen molar-refractivity contribution in [2.24, 2.45) is 0 Å². The molecule has 0 radical (unpaired) electrons. The van der Waals surface area contributed by atoms with Crippen LogP contribution in [0.15, 0.2) is 42.5 Å². The fourth-order valence-electron chi connectivity index (χ4n) is 2.33. The number of para-hydroxylation sites is 1. The second kappa shape index (κ2) is 7.97. The Morgan fingerprint density at radius 3 is 2.54 bits per heavy atom. The number of carbonyl (C=O) groups is 2. The third kappa shape index (κ3) is 4.15. The van der Waals surface area contributed by atoms with Crippen LogP contribution >= 0.6 is 11.6 Å². The van der Waals surface area contributed by atoms with Crippen molar-refractivity contribution in [3.8, 4) is 0 Å². The van der Waals surface area contributed by atoms with Crippen LogP contribution < -0.4 is 5.32 Å². The van der Waals surface area contributed by atoms with Crippen LogP contribution in [0.25, 0.3) is 0 Å². The summed E-state index contributed by atoms with van der Waals surface area (Å²) in [4.78, 5) is 24.5. The number of carbonyl (C=O) groups excluding carboxylic acids is 2. The van der Waals surface area contributed by atoms with E-state index in [4.69, 9.17) is 16.3 Å². The van der Waals surface area contributed by atoms with E-state index in [1.54, 1.807) is 24.3 Å². The molecule has 0 fully saturated rings. The first-order chi connectivity index (χ1) is 11.4. The van der Waals surface area contributed by atoms with Crippen molar-refractivity contribution in [1.82, 2.24) is 0 Å². The third-order valence-electron chi connectivity index (χ3n) is 3.73. The van der Waals surface area contributed by atoms with E-state index < -0.39 is 12.1 Å². The van der Waals surface area contributed by atoms with Crippen molar-refractivity contribution in [3.63, 3.8) is 0 Å². The molecular formula is C19H20ClNO3. The SMILES string of the molecule is CCc1cccc(C)c1NC(=O)[C@@H](C)OC(=O)c1ccccc1Cl. The van der Waals surface area contributed by atoms with Gasteiger partial charge in [-0.15, -0.1) is 0 Å². The van der Waals surface area contributed by atoms with Gasteiger partial charge < -0.3 is 10.1 Å². The minimum absolute atomic E-state index is 0.240. The monoisotopic (exact) mass is 345 g/mol. The van der Waals surface area contributed by atoms with Gasteiger partial charge >= 0.3 is 5.97 Å². The zero-order valence-corrected chi connectivity index (χ0v) is 14.7. The Kier molecular flexibility index (Phi) is 5.99. The van der Waals surface area contributed by atoms with Gasteiger partial charge in [0.1, 0.15) is 0 Å². The number of halogens is 1. The Labute approximate surface area is 146 Å². The quantitative estimate of drug-likeness (QED) is 0.817. The Hall–Kier alpha value is -2.33. The highest BCUT2D eigenvalue weighted by molar-refractivity contribution is 6.33. The number of nitrogens with one attached hydrogen (secondary N) is 1. The first kappa shape index (κ1) is 18.0. The smallest absolute Gasteiger partial charge is 0.340 e. The second-order valence-electron chi connectivity index (χ2n) is 5.48. The number of ether oxygens (including phenoxy) is 1. The summed E-state index contributed by atoms with van der Waals surface area (Å²) in [6.45, 7) is 5.48. The molecule has 0 aliphatic heterocycles. The van der Waals surface area contributed by atoms with E-state index in [0.29, 0.717) is 5.02 Å². The molecule has 0 aliphatic rings. The number of benzene rings is 2. The fourth-order valence-corrected chi connectivity index (χ4v) is 2.54. The lowest BCUT2D eigenvalue weighted by Crippen LogP contribution is -2.30. The molecular weight excluding hydrogens is 326 g/mol. The van der Waals surface area contributed by atoms with Gasteiger partial charge in [-0.1, -0.05) is 48.9 Å². The van der Waals surface area contributed by atoms with Crippen molar-refractivity contribution in [2.75, 3.05) is 5.32 Å². The summed E-state index contributed by atoms with van der Waals surface area (Å²) >= 11 is 5.97. The molecule has 4 nitrogen and oxygen atoms in total. The lowest BCUT2D eigenvalue weighted by molar-refractivity contribution is -0.123. The van der Waals surface area contributed by atoms with Gasteiger partial charge in [-0.3, -0.25) is 4.79 Å². The Morgan fingerprint density at radius 1 is 1.17 bits per heavy atom. The van der Waals surface area contributed by atoms with E-state index in [-0.39, 0.29) is 11.5 Å². The molecule has 2 rings (SSSR count). The molecule has 1 N–H and O–H groups in total. The number of aryl methyl sites for hydroxylation is 2. The molecule has 0 spiro atoms. The molecule has 126 valence electrons. The van der Waals surface area contributed by atoms with Gasteiger partial charge in [0.25, 0.3) is 5.91 Å². The first-order valence-electron chi connectivity index (χ1n) is 7.79. The van der Waals surface area contributed by atoms with Gasteiger partial charge in [-0.25, -0.2) is 4.79 Å². The van der Waals surface area contributed by atoms with Crippen molar-refractivity contribution in [3.05, 3.63) is 64.2 Å². The summed E-state index contributed by atoms with van der Waals surface area (Å²) < 4.78 is 5.23. The highest BCUT2D eigenvalue weighted by Crippen LogP contribution is 2.22. The van der Waals surface area contributed by atoms with Gasteiger partial charge in [0.2, 0.25) is 0 Å². The lowest BCUT2D eigenvalue weighted by Gasteiger charge is -2.17. The molecule has 2 aromatic carbocycles. The normalized spacial score (nSPS) is 11.7. The molecule has 1 atom stereocenters. The van der Waals surface area contributed by atoms with E-state index in [0.717, 1.165) is 23.2 Å². The topological polar surface area (TPSA) is 55.4 Å². The second-order valence-corrected chi connectivity index (χ2v) is 5.89. The van der Waals surface area contributed by atoms with Crippen LogP contribution in [0.1, 0.15) is 35.3 Å². The van der Waals surface area contributed by atoms with E-state index >= 15 is 0 Å². The standard InChI is InChI=1S/C19H20ClNO3/c1-4-14-9-7-8-12(2)17(14)21-18(22)13(3)24-19(23)15-10-5-6-11-16(15)20/h5-11,13H,4H2,1-3H3,(H,21,22)/t13-/m1/s1. The van der Waals surface area contributed by atoms with Crippen LogP contribution in [-0.2, 0) is 16.0 Å². The first-order valence-corrected chi connectivity index (χ1v) is 8.16. The van der Waals surface area contributed by atoms with E-state index in [1.807, 2.05) is 32.0 Å². The average Bonchev–Trinajstić information content (AvgIpc) is 2.56. The molecule has 2 aromatic rings. The van der Waals surface area contributed by atoms with Crippen LogP contribution in [0.2, 0.25) is 5.02 Å². The Bertz CT molecular complexity index is 758. The predicted molar refractivity (Wildman–Crippen MR) is 95.5 cm³/mol. The van der Waals surface area contributed by atoms with Crippen molar-refractivity contribution in [2.45, 2.75) is 33.3 Å².